The molecule has 0 bridgehead atoms. The summed E-state index contributed by atoms with van der Waals surface area (Å²) < 4.78 is 0. The monoisotopic (exact) mass is 159 g/mol. The Labute approximate surface area is 72.9 Å². The number of hydrogen-bond acceptors (Lipinski definition) is 1. The summed E-state index contributed by atoms with van der Waals surface area (Å²) in [6.45, 7) is 3.74. The number of aryl methyl sites for hydroxylation is 1. The van der Waals surface area contributed by atoms with Crippen molar-refractivity contribution >= 4 is 6.08 Å². The first-order chi connectivity index (χ1) is 5.81. The van der Waals surface area contributed by atoms with E-state index in [4.69, 9.17) is 5.73 Å². The fraction of sp³-hybridized carbons (Fsp3) is 0.273. The fourth-order valence-corrected chi connectivity index (χ4v) is 1.78. The SMILES string of the molecule is C=Cc1ccc2c(c1)[C@H](N)CC2. The molecule has 0 amide bonds. The Kier molecular flexibility index (Phi) is 1.74. The lowest BCUT2D eigenvalue weighted by Crippen LogP contribution is -2.05. The Bertz CT molecular complexity index is 315. The van der Waals surface area contributed by atoms with Crippen LogP contribution in [0.25, 0.3) is 6.08 Å². The predicted octanol–water partition coefficient (Wildman–Crippen LogP) is 2.28. The number of nitrogens with two attached hydrogens (primary N) is 1. The third-order valence-corrected chi connectivity index (χ3v) is 2.53. The summed E-state index contributed by atoms with van der Waals surface area (Å²) in [6, 6.07) is 6.67. The van der Waals surface area contributed by atoms with Crippen LogP contribution in [0.15, 0.2) is 24.8 Å². The number of fused-ring (bicyclic) bond motifs is 1. The van der Waals surface area contributed by atoms with Crippen molar-refractivity contribution < 1.29 is 0 Å². The molecule has 62 valence electrons. The standard InChI is InChI=1S/C11H13N/c1-2-8-3-4-9-5-6-11(12)10(9)7-8/h2-4,7,11H,1,5-6,12H2/t11-/m1/s1. The van der Waals surface area contributed by atoms with E-state index < -0.39 is 0 Å². The Morgan fingerprint density at radius 2 is 2.33 bits per heavy atom. The highest BCUT2D eigenvalue weighted by Crippen LogP contribution is 2.29. The maximum atomic E-state index is 5.94. The lowest BCUT2D eigenvalue weighted by atomic mass is 10.0. The quantitative estimate of drug-likeness (QED) is 0.668. The van der Waals surface area contributed by atoms with E-state index in [2.05, 4.69) is 24.8 Å². The van der Waals surface area contributed by atoms with E-state index in [1.54, 1.807) is 0 Å². The van der Waals surface area contributed by atoms with Gasteiger partial charge in [-0.2, -0.15) is 0 Å². The maximum Gasteiger partial charge on any atom is 0.0300 e. The molecule has 0 aromatic heterocycles. The van der Waals surface area contributed by atoms with Crippen molar-refractivity contribution in [2.24, 2.45) is 5.73 Å². The predicted molar refractivity (Wildman–Crippen MR) is 51.8 cm³/mol. The average Bonchev–Trinajstić information content (AvgIpc) is 2.47. The molecule has 1 aromatic rings. The second-order valence-electron chi connectivity index (χ2n) is 3.31. The van der Waals surface area contributed by atoms with E-state index in [0.29, 0.717) is 0 Å². The molecule has 12 heavy (non-hydrogen) atoms. The molecule has 0 fully saturated rings. The smallest absolute Gasteiger partial charge is 0.0300 e. The summed E-state index contributed by atoms with van der Waals surface area (Å²) in [7, 11) is 0. The molecular formula is C11H13N. The summed E-state index contributed by atoms with van der Waals surface area (Å²) in [5.41, 5.74) is 9.83. The zero-order valence-electron chi connectivity index (χ0n) is 7.09. The van der Waals surface area contributed by atoms with Gasteiger partial charge in [0.15, 0.2) is 0 Å². The van der Waals surface area contributed by atoms with Crippen molar-refractivity contribution in [3.8, 4) is 0 Å². The minimum atomic E-state index is 0.250. The van der Waals surface area contributed by atoms with Crippen molar-refractivity contribution in [3.63, 3.8) is 0 Å². The highest BCUT2D eigenvalue weighted by Gasteiger charge is 2.18. The number of benzene rings is 1. The van der Waals surface area contributed by atoms with E-state index in [1.807, 2.05) is 6.08 Å². The van der Waals surface area contributed by atoms with Gasteiger partial charge in [-0.15, -0.1) is 0 Å². The summed E-state index contributed by atoms with van der Waals surface area (Å²) in [5.74, 6) is 0. The van der Waals surface area contributed by atoms with Crippen LogP contribution in [0.3, 0.4) is 0 Å². The van der Waals surface area contributed by atoms with Gasteiger partial charge in [0, 0.05) is 6.04 Å². The van der Waals surface area contributed by atoms with Crippen LogP contribution in [0.5, 0.6) is 0 Å². The molecule has 0 saturated heterocycles. The van der Waals surface area contributed by atoms with Gasteiger partial charge in [-0.1, -0.05) is 24.8 Å². The molecule has 0 heterocycles. The molecule has 0 unspecified atom stereocenters. The van der Waals surface area contributed by atoms with Gasteiger partial charge in [-0.3, -0.25) is 0 Å². The third-order valence-electron chi connectivity index (χ3n) is 2.53. The van der Waals surface area contributed by atoms with E-state index >= 15 is 0 Å². The minimum absolute atomic E-state index is 0.250. The van der Waals surface area contributed by atoms with Gasteiger partial charge < -0.3 is 5.73 Å². The van der Waals surface area contributed by atoms with Crippen molar-refractivity contribution in [1.82, 2.24) is 0 Å². The van der Waals surface area contributed by atoms with Crippen LogP contribution >= 0.6 is 0 Å². The van der Waals surface area contributed by atoms with Gasteiger partial charge >= 0.3 is 0 Å². The molecule has 1 nitrogen and oxygen atoms in total. The minimum Gasteiger partial charge on any atom is -0.324 e. The first-order valence-corrected chi connectivity index (χ1v) is 4.32. The number of hydrogen-bond donors (Lipinski definition) is 1. The van der Waals surface area contributed by atoms with E-state index in [0.717, 1.165) is 12.8 Å². The Hall–Kier alpha value is -1.08. The molecule has 0 radical (unpaired) electrons. The highest BCUT2D eigenvalue weighted by molar-refractivity contribution is 5.51. The highest BCUT2D eigenvalue weighted by atomic mass is 14.6. The van der Waals surface area contributed by atoms with Gasteiger partial charge in [0.1, 0.15) is 0 Å². The van der Waals surface area contributed by atoms with Gasteiger partial charge in [0.25, 0.3) is 0 Å². The summed E-state index contributed by atoms with van der Waals surface area (Å²) >= 11 is 0. The maximum absolute atomic E-state index is 5.94. The van der Waals surface area contributed by atoms with Crippen LogP contribution in [0, 0.1) is 0 Å². The molecule has 2 N–H and O–H groups in total. The fourth-order valence-electron chi connectivity index (χ4n) is 1.78. The average molecular weight is 159 g/mol. The van der Waals surface area contributed by atoms with E-state index in [1.165, 1.54) is 16.7 Å². The molecule has 1 aliphatic carbocycles. The first-order valence-electron chi connectivity index (χ1n) is 4.32. The molecule has 1 aliphatic rings. The molecule has 0 spiro atoms. The Balaban J connectivity index is 2.50. The second-order valence-corrected chi connectivity index (χ2v) is 3.31. The third kappa shape index (κ3) is 1.07. The molecule has 1 heteroatoms. The first kappa shape index (κ1) is 7.56. The van der Waals surface area contributed by atoms with Gasteiger partial charge in [0.05, 0.1) is 0 Å². The summed E-state index contributed by atoms with van der Waals surface area (Å²) in [4.78, 5) is 0. The zero-order chi connectivity index (χ0) is 8.55. The topological polar surface area (TPSA) is 26.0 Å². The van der Waals surface area contributed by atoms with Gasteiger partial charge in [-0.05, 0) is 35.6 Å². The van der Waals surface area contributed by atoms with Crippen LogP contribution in [-0.2, 0) is 6.42 Å². The van der Waals surface area contributed by atoms with Crippen LogP contribution in [0.4, 0.5) is 0 Å². The van der Waals surface area contributed by atoms with Crippen molar-refractivity contribution in [1.29, 1.82) is 0 Å². The summed E-state index contributed by atoms with van der Waals surface area (Å²) in [6.07, 6.45) is 4.09. The summed E-state index contributed by atoms with van der Waals surface area (Å²) in [5, 5.41) is 0. The Morgan fingerprint density at radius 3 is 3.08 bits per heavy atom. The van der Waals surface area contributed by atoms with E-state index in [-0.39, 0.29) is 6.04 Å². The second kappa shape index (κ2) is 2.76. The molecule has 1 atom stereocenters. The zero-order valence-corrected chi connectivity index (χ0v) is 7.09. The van der Waals surface area contributed by atoms with Gasteiger partial charge in [-0.25, -0.2) is 0 Å². The van der Waals surface area contributed by atoms with Crippen molar-refractivity contribution in [2.75, 3.05) is 0 Å². The molecule has 2 rings (SSSR count). The Morgan fingerprint density at radius 1 is 1.50 bits per heavy atom. The normalized spacial score (nSPS) is 20.6. The van der Waals surface area contributed by atoms with E-state index in [9.17, 15) is 0 Å². The van der Waals surface area contributed by atoms with Crippen LogP contribution in [-0.4, -0.2) is 0 Å². The van der Waals surface area contributed by atoms with Crippen molar-refractivity contribution in [2.45, 2.75) is 18.9 Å². The lowest BCUT2D eigenvalue weighted by molar-refractivity contribution is 0.713. The molecular weight excluding hydrogens is 146 g/mol. The van der Waals surface area contributed by atoms with Crippen LogP contribution in [0.1, 0.15) is 29.2 Å². The molecule has 0 aliphatic heterocycles. The number of rotatable bonds is 1. The van der Waals surface area contributed by atoms with Gasteiger partial charge in [0.2, 0.25) is 0 Å². The van der Waals surface area contributed by atoms with Crippen molar-refractivity contribution in [3.05, 3.63) is 41.5 Å². The van der Waals surface area contributed by atoms with Crippen LogP contribution in [0.2, 0.25) is 0 Å². The largest absolute Gasteiger partial charge is 0.324 e. The molecule has 1 aromatic carbocycles. The lowest BCUT2D eigenvalue weighted by Gasteiger charge is -2.04. The molecule has 0 saturated carbocycles. The van der Waals surface area contributed by atoms with Crippen LogP contribution < -0.4 is 5.73 Å².